The summed E-state index contributed by atoms with van der Waals surface area (Å²) in [6.07, 6.45) is 0. The number of nitrogens with zero attached hydrogens (tertiary/aromatic N) is 2. The van der Waals surface area contributed by atoms with Gasteiger partial charge in [0.2, 0.25) is 0 Å². The number of piperazine rings is 1. The molecule has 0 spiro atoms. The number of halogens is 1. The second-order valence-electron chi connectivity index (χ2n) is 5.58. The van der Waals surface area contributed by atoms with Gasteiger partial charge in [-0.3, -0.25) is 4.79 Å². The molecule has 0 amide bonds. The van der Waals surface area contributed by atoms with E-state index in [1.807, 2.05) is 24.3 Å². The molecule has 0 aliphatic carbocycles. The molecule has 1 fully saturated rings. The number of fused-ring (bicyclic) bond motifs is 1. The van der Waals surface area contributed by atoms with Gasteiger partial charge in [0.25, 0.3) is 5.56 Å². The highest BCUT2D eigenvalue weighted by molar-refractivity contribution is 6.31. The van der Waals surface area contributed by atoms with Gasteiger partial charge in [-0.05, 0) is 42.5 Å². The first-order valence-electron chi connectivity index (χ1n) is 7.60. The Morgan fingerprint density at radius 2 is 1.70 bits per heavy atom. The number of aromatic nitrogens is 1. The Labute approximate surface area is 138 Å². The third-order valence-electron chi connectivity index (χ3n) is 4.11. The first-order chi connectivity index (χ1) is 11.2. The fourth-order valence-electron chi connectivity index (χ4n) is 2.89. The molecule has 1 N–H and O–H groups in total. The summed E-state index contributed by atoms with van der Waals surface area (Å²) in [5.74, 6) is 0. The quantitative estimate of drug-likeness (QED) is 0.785. The van der Waals surface area contributed by atoms with Gasteiger partial charge in [0.05, 0.1) is 11.1 Å². The second kappa shape index (κ2) is 5.76. The number of benzene rings is 2. The number of anilines is 1. The summed E-state index contributed by atoms with van der Waals surface area (Å²) in [5, 5.41) is 4.35. The van der Waals surface area contributed by atoms with Gasteiger partial charge in [-0.25, -0.2) is 0 Å². The van der Waals surface area contributed by atoms with Gasteiger partial charge >= 0.3 is 0 Å². The maximum Gasteiger partial charge on any atom is 0.295 e. The Kier molecular flexibility index (Phi) is 3.59. The number of nitrogens with one attached hydrogen (secondary N) is 1. The standard InChI is InChI=1S/C17H16ClN3O2/c18-12-1-6-16-15(11-12)17(22)21(23-16)14-4-2-13(3-5-14)20-9-7-19-8-10-20/h1-6,11,19H,7-10H2. The molecule has 23 heavy (non-hydrogen) atoms. The molecule has 3 aromatic rings. The van der Waals surface area contributed by atoms with E-state index in [0.29, 0.717) is 21.7 Å². The lowest BCUT2D eigenvalue weighted by Crippen LogP contribution is -2.43. The van der Waals surface area contributed by atoms with E-state index < -0.39 is 0 Å². The molecular formula is C17H16ClN3O2. The van der Waals surface area contributed by atoms with Crippen LogP contribution in [0.2, 0.25) is 5.02 Å². The van der Waals surface area contributed by atoms with Crippen LogP contribution in [0.3, 0.4) is 0 Å². The topological polar surface area (TPSA) is 50.4 Å². The zero-order valence-electron chi connectivity index (χ0n) is 12.5. The van der Waals surface area contributed by atoms with Crippen LogP contribution in [0, 0.1) is 0 Å². The maximum absolute atomic E-state index is 12.5. The smallest absolute Gasteiger partial charge is 0.295 e. The van der Waals surface area contributed by atoms with E-state index in [1.165, 1.54) is 4.74 Å². The zero-order chi connectivity index (χ0) is 15.8. The summed E-state index contributed by atoms with van der Waals surface area (Å²) in [6, 6.07) is 12.9. The van der Waals surface area contributed by atoms with E-state index >= 15 is 0 Å². The summed E-state index contributed by atoms with van der Waals surface area (Å²) in [5.41, 5.74) is 2.20. The van der Waals surface area contributed by atoms with E-state index in [4.69, 9.17) is 16.1 Å². The summed E-state index contributed by atoms with van der Waals surface area (Å²) in [6.45, 7) is 3.96. The lowest BCUT2D eigenvalue weighted by molar-refractivity contribution is 0.368. The van der Waals surface area contributed by atoms with Crippen molar-refractivity contribution in [3.8, 4) is 5.69 Å². The molecule has 0 saturated carbocycles. The minimum Gasteiger partial charge on any atom is -0.371 e. The fraction of sp³-hybridized carbons (Fsp3) is 0.235. The predicted molar refractivity (Wildman–Crippen MR) is 91.9 cm³/mol. The number of hydrogen-bond donors (Lipinski definition) is 1. The average Bonchev–Trinajstić information content (AvgIpc) is 2.92. The summed E-state index contributed by atoms with van der Waals surface area (Å²) < 4.78 is 6.96. The summed E-state index contributed by atoms with van der Waals surface area (Å²) in [4.78, 5) is 14.8. The Morgan fingerprint density at radius 3 is 2.43 bits per heavy atom. The van der Waals surface area contributed by atoms with E-state index in [9.17, 15) is 4.79 Å². The molecule has 0 atom stereocenters. The molecule has 1 aliphatic rings. The van der Waals surface area contributed by atoms with Crippen molar-refractivity contribution in [3.05, 3.63) is 57.8 Å². The molecule has 2 aromatic carbocycles. The molecule has 4 rings (SSSR count). The van der Waals surface area contributed by atoms with Crippen LogP contribution in [0.5, 0.6) is 0 Å². The lowest BCUT2D eigenvalue weighted by Gasteiger charge is -2.29. The second-order valence-corrected chi connectivity index (χ2v) is 6.02. The van der Waals surface area contributed by atoms with Crippen LogP contribution in [0.25, 0.3) is 16.7 Å². The Hall–Kier alpha value is -2.24. The normalized spacial score (nSPS) is 15.3. The van der Waals surface area contributed by atoms with Gasteiger partial charge in [-0.1, -0.05) is 11.6 Å². The van der Waals surface area contributed by atoms with Crippen molar-refractivity contribution in [1.29, 1.82) is 0 Å². The average molecular weight is 330 g/mol. The van der Waals surface area contributed by atoms with Gasteiger partial charge in [-0.15, -0.1) is 4.74 Å². The third kappa shape index (κ3) is 2.62. The Bertz CT molecular complexity index is 892. The molecule has 6 heteroatoms. The Balaban J connectivity index is 1.70. The highest BCUT2D eigenvalue weighted by atomic mass is 35.5. The van der Waals surface area contributed by atoms with Crippen LogP contribution < -0.4 is 15.8 Å². The van der Waals surface area contributed by atoms with Gasteiger partial charge in [0.1, 0.15) is 0 Å². The first kappa shape index (κ1) is 14.4. The van der Waals surface area contributed by atoms with Crippen molar-refractivity contribution >= 4 is 28.3 Å². The highest BCUT2D eigenvalue weighted by Gasteiger charge is 2.13. The van der Waals surface area contributed by atoms with Crippen molar-refractivity contribution < 1.29 is 4.52 Å². The lowest BCUT2D eigenvalue weighted by atomic mass is 10.2. The van der Waals surface area contributed by atoms with E-state index in [1.54, 1.807) is 18.2 Å². The Morgan fingerprint density at radius 1 is 1.00 bits per heavy atom. The van der Waals surface area contributed by atoms with Crippen LogP contribution >= 0.6 is 11.6 Å². The van der Waals surface area contributed by atoms with Gasteiger partial charge < -0.3 is 14.7 Å². The van der Waals surface area contributed by atoms with Crippen molar-refractivity contribution in [2.75, 3.05) is 31.1 Å². The van der Waals surface area contributed by atoms with Crippen LogP contribution in [0.15, 0.2) is 51.8 Å². The molecule has 1 aliphatic heterocycles. The van der Waals surface area contributed by atoms with E-state index in [2.05, 4.69) is 10.2 Å². The van der Waals surface area contributed by atoms with Crippen LogP contribution in [-0.2, 0) is 0 Å². The third-order valence-corrected chi connectivity index (χ3v) is 4.35. The molecule has 1 aromatic heterocycles. The molecular weight excluding hydrogens is 314 g/mol. The van der Waals surface area contributed by atoms with Crippen molar-refractivity contribution in [2.45, 2.75) is 0 Å². The number of hydrogen-bond acceptors (Lipinski definition) is 4. The summed E-state index contributed by atoms with van der Waals surface area (Å²) >= 11 is 5.95. The molecule has 118 valence electrons. The van der Waals surface area contributed by atoms with Crippen LogP contribution in [0.1, 0.15) is 0 Å². The van der Waals surface area contributed by atoms with Gasteiger partial charge in [-0.2, -0.15) is 0 Å². The molecule has 0 bridgehead atoms. The maximum atomic E-state index is 12.5. The summed E-state index contributed by atoms with van der Waals surface area (Å²) in [7, 11) is 0. The van der Waals surface area contributed by atoms with Crippen molar-refractivity contribution in [3.63, 3.8) is 0 Å². The van der Waals surface area contributed by atoms with Crippen LogP contribution in [0.4, 0.5) is 5.69 Å². The van der Waals surface area contributed by atoms with Crippen molar-refractivity contribution in [2.24, 2.45) is 0 Å². The van der Waals surface area contributed by atoms with Gasteiger partial charge in [0, 0.05) is 36.9 Å². The van der Waals surface area contributed by atoms with E-state index in [0.717, 1.165) is 31.9 Å². The van der Waals surface area contributed by atoms with Gasteiger partial charge in [0.15, 0.2) is 5.58 Å². The SMILES string of the molecule is O=c1c2cc(Cl)ccc2on1-c1ccc(N2CCNCC2)cc1. The molecule has 0 unspecified atom stereocenters. The molecule has 0 radical (unpaired) electrons. The molecule has 5 nitrogen and oxygen atoms in total. The predicted octanol–water partition coefficient (Wildman–Crippen LogP) is 2.65. The van der Waals surface area contributed by atoms with Crippen molar-refractivity contribution in [1.82, 2.24) is 10.1 Å². The highest BCUT2D eigenvalue weighted by Crippen LogP contribution is 2.21. The molecule has 1 saturated heterocycles. The monoisotopic (exact) mass is 329 g/mol. The molecule has 2 heterocycles. The fourth-order valence-corrected chi connectivity index (χ4v) is 3.06. The minimum atomic E-state index is -0.197. The zero-order valence-corrected chi connectivity index (χ0v) is 13.2. The number of rotatable bonds is 2. The largest absolute Gasteiger partial charge is 0.371 e. The van der Waals surface area contributed by atoms with E-state index in [-0.39, 0.29) is 5.56 Å². The first-order valence-corrected chi connectivity index (χ1v) is 7.98. The minimum absolute atomic E-state index is 0.197. The van der Waals surface area contributed by atoms with Crippen LogP contribution in [-0.4, -0.2) is 30.9 Å².